The van der Waals surface area contributed by atoms with E-state index in [1.807, 2.05) is 91.3 Å². The van der Waals surface area contributed by atoms with Gasteiger partial charge in [-0.05, 0) is 54.2 Å². The molecule has 0 fully saturated rings. The second-order valence-corrected chi connectivity index (χ2v) is 7.24. The molecule has 0 aliphatic rings. The number of hydrogen-bond acceptors (Lipinski definition) is 7. The predicted octanol–water partition coefficient (Wildman–Crippen LogP) is 4.38. The van der Waals surface area contributed by atoms with Gasteiger partial charge in [0.15, 0.2) is 11.6 Å². The minimum atomic E-state index is 0. The number of ether oxygens (including phenoxy) is 1. The molecule has 1 radical (unpaired) electrons. The van der Waals surface area contributed by atoms with Crippen molar-refractivity contribution < 1.29 is 24.5 Å². The molecule has 38 heavy (non-hydrogen) atoms. The summed E-state index contributed by atoms with van der Waals surface area (Å²) in [6.07, 6.45) is 12.4. The minimum Gasteiger partial charge on any atom is -0.479 e. The molecule has 2 N–H and O–H groups in total. The Morgan fingerprint density at radius 3 is 1.79 bits per heavy atom. The van der Waals surface area contributed by atoms with E-state index in [9.17, 15) is 0 Å². The number of aromatic nitrogens is 7. The van der Waals surface area contributed by atoms with Crippen LogP contribution in [-0.4, -0.2) is 41.2 Å². The first kappa shape index (κ1) is 28.1. The van der Waals surface area contributed by atoms with Gasteiger partial charge in [-0.3, -0.25) is 5.73 Å². The zero-order chi connectivity index (χ0) is 25.5. The third kappa shape index (κ3) is 8.56. The third-order valence-electron chi connectivity index (χ3n) is 4.74. The molecule has 0 aliphatic carbocycles. The standard InChI is InChI=1S/C12H11N2O.2C8H7N3.Os/c13-9-15-11-6-7-14-12(8-11)10-4-2-1-3-5-10;2*1-2-5-9-8(4-1)11-7-3-6-10-11;/h1-4,6-8H,9,13H2;2*1-7H;/q-1;;;+1. The van der Waals surface area contributed by atoms with E-state index < -0.39 is 0 Å². The van der Waals surface area contributed by atoms with Gasteiger partial charge in [0.2, 0.25) is 0 Å². The summed E-state index contributed by atoms with van der Waals surface area (Å²) < 4.78 is 8.64. The molecule has 5 aromatic heterocycles. The maximum Gasteiger partial charge on any atom is 1.00 e. The van der Waals surface area contributed by atoms with E-state index in [1.54, 1.807) is 46.4 Å². The van der Waals surface area contributed by atoms with Gasteiger partial charge >= 0.3 is 19.8 Å². The fourth-order valence-corrected chi connectivity index (χ4v) is 3.08. The number of pyridine rings is 3. The second-order valence-electron chi connectivity index (χ2n) is 7.24. The summed E-state index contributed by atoms with van der Waals surface area (Å²) in [6.45, 7) is 0.169. The van der Waals surface area contributed by atoms with Gasteiger partial charge < -0.3 is 9.72 Å². The largest absolute Gasteiger partial charge is 1.00 e. The van der Waals surface area contributed by atoms with Gasteiger partial charge in [-0.15, -0.1) is 35.9 Å². The van der Waals surface area contributed by atoms with Crippen LogP contribution in [-0.2, 0) is 19.8 Å². The van der Waals surface area contributed by atoms with Gasteiger partial charge in [-0.2, -0.15) is 10.2 Å². The van der Waals surface area contributed by atoms with Crippen LogP contribution in [0.5, 0.6) is 5.75 Å². The quantitative estimate of drug-likeness (QED) is 0.213. The van der Waals surface area contributed by atoms with Crippen LogP contribution < -0.4 is 10.5 Å². The third-order valence-corrected chi connectivity index (χ3v) is 4.74. The normalized spacial score (nSPS) is 9.61. The molecule has 0 spiro atoms. The van der Waals surface area contributed by atoms with Gasteiger partial charge in [0.25, 0.3) is 0 Å². The molecule has 6 aromatic rings. The van der Waals surface area contributed by atoms with E-state index in [0.29, 0.717) is 0 Å². The molecule has 0 atom stereocenters. The monoisotopic (exact) mass is 681 g/mol. The van der Waals surface area contributed by atoms with Gasteiger partial charge in [-0.1, -0.05) is 12.1 Å². The first-order valence-corrected chi connectivity index (χ1v) is 11.4. The van der Waals surface area contributed by atoms with Crippen molar-refractivity contribution in [2.75, 3.05) is 6.73 Å². The Bertz CT molecular complexity index is 1350. The average Bonchev–Trinajstić information content (AvgIpc) is 3.71. The summed E-state index contributed by atoms with van der Waals surface area (Å²) in [5.74, 6) is 2.41. The van der Waals surface area contributed by atoms with Crippen LogP contribution in [0, 0.1) is 6.07 Å². The molecule has 9 nitrogen and oxygen atoms in total. The van der Waals surface area contributed by atoms with E-state index in [0.717, 1.165) is 28.6 Å². The Morgan fingerprint density at radius 1 is 0.684 bits per heavy atom. The first-order chi connectivity index (χ1) is 18.3. The van der Waals surface area contributed by atoms with Crippen LogP contribution in [0.4, 0.5) is 0 Å². The number of nitrogens with two attached hydrogens (primary N) is 1. The Labute approximate surface area is 234 Å². The summed E-state index contributed by atoms with van der Waals surface area (Å²) in [4.78, 5) is 12.5. The van der Waals surface area contributed by atoms with Crippen molar-refractivity contribution in [2.24, 2.45) is 5.73 Å². The van der Waals surface area contributed by atoms with E-state index in [4.69, 9.17) is 10.5 Å². The van der Waals surface area contributed by atoms with Gasteiger partial charge in [0.1, 0.15) is 12.5 Å². The fraction of sp³-hybridized carbons (Fsp3) is 0.0357. The Morgan fingerprint density at radius 2 is 1.32 bits per heavy atom. The van der Waals surface area contributed by atoms with Crippen molar-refractivity contribution in [1.82, 2.24) is 34.5 Å². The van der Waals surface area contributed by atoms with Crippen LogP contribution in [0.1, 0.15) is 0 Å². The molecule has 6 rings (SSSR count). The van der Waals surface area contributed by atoms with Gasteiger partial charge in [-0.25, -0.2) is 19.3 Å². The van der Waals surface area contributed by atoms with E-state index >= 15 is 0 Å². The second kappa shape index (κ2) is 15.6. The molecule has 191 valence electrons. The van der Waals surface area contributed by atoms with Crippen LogP contribution in [0.25, 0.3) is 22.9 Å². The van der Waals surface area contributed by atoms with Crippen molar-refractivity contribution in [3.63, 3.8) is 0 Å². The van der Waals surface area contributed by atoms with Crippen LogP contribution in [0.15, 0.2) is 128 Å². The number of rotatable bonds is 5. The Hall–Kier alpha value is -4.51. The summed E-state index contributed by atoms with van der Waals surface area (Å²) in [5, 5.41) is 8.08. The number of nitrogens with zero attached hydrogens (tertiary/aromatic N) is 7. The van der Waals surface area contributed by atoms with Crippen molar-refractivity contribution in [3.8, 4) is 28.6 Å². The van der Waals surface area contributed by atoms with Crippen molar-refractivity contribution in [2.45, 2.75) is 0 Å². The smallest absolute Gasteiger partial charge is 0.479 e. The summed E-state index contributed by atoms with van der Waals surface area (Å²) in [7, 11) is 0. The summed E-state index contributed by atoms with van der Waals surface area (Å²) in [5.41, 5.74) is 7.08. The van der Waals surface area contributed by atoms with Crippen LogP contribution in [0.3, 0.4) is 0 Å². The number of benzene rings is 1. The van der Waals surface area contributed by atoms with Crippen LogP contribution >= 0.6 is 0 Å². The van der Waals surface area contributed by atoms with Crippen molar-refractivity contribution in [1.29, 1.82) is 0 Å². The zero-order valence-corrected chi connectivity index (χ0v) is 22.8. The molecule has 10 heteroatoms. The van der Waals surface area contributed by atoms with E-state index in [-0.39, 0.29) is 26.5 Å². The average molecular weight is 680 g/mol. The number of hydrogen-bond donors (Lipinski definition) is 1. The topological polar surface area (TPSA) is 110 Å². The van der Waals surface area contributed by atoms with Crippen molar-refractivity contribution >= 4 is 0 Å². The van der Waals surface area contributed by atoms with Gasteiger partial charge in [0.05, 0.1) is 0 Å². The molecule has 0 unspecified atom stereocenters. The maximum atomic E-state index is 5.30. The molecule has 0 saturated carbocycles. The van der Waals surface area contributed by atoms with E-state index in [1.165, 1.54) is 0 Å². The molecule has 5 heterocycles. The zero-order valence-electron chi connectivity index (χ0n) is 20.3. The van der Waals surface area contributed by atoms with Crippen molar-refractivity contribution in [3.05, 3.63) is 134 Å². The molecular weight excluding hydrogens is 655 g/mol. The molecule has 0 bridgehead atoms. The SMILES string of the molecule is NCOc1ccnc(-c2[c-]cccc2)c1.[Os+].c1ccc(-n2cccn2)nc1.c1ccc(-n2cccn2)nc1. The first-order valence-electron chi connectivity index (χ1n) is 11.4. The molecule has 0 amide bonds. The Kier molecular flexibility index (Phi) is 11.5. The molecule has 0 saturated heterocycles. The summed E-state index contributed by atoms with van der Waals surface area (Å²) in [6, 6.07) is 29.6. The van der Waals surface area contributed by atoms with E-state index in [2.05, 4.69) is 31.2 Å². The van der Waals surface area contributed by atoms with Gasteiger partial charge in [0, 0.05) is 43.4 Å². The molecule has 0 aliphatic heterocycles. The summed E-state index contributed by atoms with van der Waals surface area (Å²) >= 11 is 0. The molecular formula is C28H25N8OOs. The molecule has 1 aromatic carbocycles. The fourth-order valence-electron chi connectivity index (χ4n) is 3.08. The Balaban J connectivity index is 0.000000158. The minimum absolute atomic E-state index is 0. The van der Waals surface area contributed by atoms with Crippen LogP contribution in [0.2, 0.25) is 0 Å². The maximum absolute atomic E-state index is 5.30. The predicted molar refractivity (Wildman–Crippen MR) is 141 cm³/mol.